The van der Waals surface area contributed by atoms with Gasteiger partial charge in [-0.05, 0) is 50.1 Å². The molecule has 1 heterocycles. The molecule has 1 aromatic carbocycles. The standard InChI is InChI=1S/C14H19ClN3O2/c1-14(2,3)18(10-16-13(17-18)8-9-19)20-12-6-4-11(15)5-7-12/h4-7,10,19H,8-9H2,1-3H3/q+1. The lowest BCUT2D eigenvalue weighted by atomic mass is 10.1. The second-order valence-electron chi connectivity index (χ2n) is 5.57. The van der Waals surface area contributed by atoms with Crippen LogP contribution in [0.2, 0.25) is 5.02 Å². The van der Waals surface area contributed by atoms with Crippen molar-refractivity contribution in [2.24, 2.45) is 10.1 Å². The third-order valence-electron chi connectivity index (χ3n) is 2.98. The van der Waals surface area contributed by atoms with Crippen molar-refractivity contribution in [1.29, 1.82) is 0 Å². The van der Waals surface area contributed by atoms with Crippen LogP contribution in [0.4, 0.5) is 0 Å². The smallest absolute Gasteiger partial charge is 0.263 e. The van der Waals surface area contributed by atoms with Crippen molar-refractivity contribution in [3.05, 3.63) is 29.3 Å². The molecule has 0 saturated heterocycles. The Balaban J connectivity index is 2.31. The van der Waals surface area contributed by atoms with Gasteiger partial charge in [-0.15, -0.1) is 0 Å². The highest BCUT2D eigenvalue weighted by molar-refractivity contribution is 6.30. The number of hydrogen-bond acceptors (Lipinski definition) is 4. The molecule has 1 aromatic rings. The number of aliphatic imine (C=N–C) groups is 1. The zero-order valence-corrected chi connectivity index (χ0v) is 12.6. The normalized spacial score (nSPS) is 21.9. The second-order valence-corrected chi connectivity index (χ2v) is 6.01. The molecule has 1 atom stereocenters. The first-order valence-electron chi connectivity index (χ1n) is 6.45. The molecule has 0 aromatic heterocycles. The van der Waals surface area contributed by atoms with E-state index in [4.69, 9.17) is 21.5 Å². The number of amidine groups is 1. The number of aliphatic hydroxyl groups excluding tert-OH is 1. The minimum atomic E-state index is -0.333. The lowest BCUT2D eigenvalue weighted by molar-refractivity contribution is -1.04. The maximum Gasteiger partial charge on any atom is 0.263 e. The van der Waals surface area contributed by atoms with Gasteiger partial charge in [-0.3, -0.25) is 4.84 Å². The summed E-state index contributed by atoms with van der Waals surface area (Å²) < 4.78 is -0.0933. The number of halogens is 1. The molecule has 108 valence electrons. The molecule has 1 unspecified atom stereocenters. The summed E-state index contributed by atoms with van der Waals surface area (Å²) in [5.41, 5.74) is -0.333. The first-order valence-corrected chi connectivity index (χ1v) is 6.83. The van der Waals surface area contributed by atoms with Gasteiger partial charge in [0.2, 0.25) is 0 Å². The van der Waals surface area contributed by atoms with Crippen LogP contribution in [0.3, 0.4) is 0 Å². The number of aliphatic hydroxyl groups is 1. The molecule has 1 N–H and O–H groups in total. The van der Waals surface area contributed by atoms with Crippen molar-refractivity contribution < 1.29 is 14.7 Å². The van der Waals surface area contributed by atoms with Crippen LogP contribution >= 0.6 is 11.6 Å². The van der Waals surface area contributed by atoms with Crippen LogP contribution in [0.15, 0.2) is 34.4 Å². The van der Waals surface area contributed by atoms with E-state index in [1.165, 1.54) is 0 Å². The zero-order valence-electron chi connectivity index (χ0n) is 11.9. The molecular formula is C14H19ClN3O2+. The van der Waals surface area contributed by atoms with Gasteiger partial charge < -0.3 is 5.11 Å². The van der Waals surface area contributed by atoms with Crippen LogP contribution in [0.5, 0.6) is 5.75 Å². The van der Waals surface area contributed by atoms with Gasteiger partial charge in [0.05, 0.1) is 6.61 Å². The zero-order chi connectivity index (χ0) is 14.8. The summed E-state index contributed by atoms with van der Waals surface area (Å²) in [5, 5.41) is 14.2. The maximum atomic E-state index is 9.00. The fourth-order valence-corrected chi connectivity index (χ4v) is 1.87. The Bertz CT molecular complexity index is 534. The third kappa shape index (κ3) is 3.00. The van der Waals surface area contributed by atoms with E-state index < -0.39 is 0 Å². The monoisotopic (exact) mass is 296 g/mol. The highest BCUT2D eigenvalue weighted by Gasteiger charge is 2.48. The summed E-state index contributed by atoms with van der Waals surface area (Å²) in [6.45, 7) is 6.06. The van der Waals surface area contributed by atoms with Gasteiger partial charge in [-0.2, -0.15) is 4.99 Å². The van der Waals surface area contributed by atoms with Crippen LogP contribution in [0, 0.1) is 0 Å². The van der Waals surface area contributed by atoms with Crippen molar-refractivity contribution in [1.82, 2.24) is 0 Å². The van der Waals surface area contributed by atoms with Crippen molar-refractivity contribution in [3.8, 4) is 5.75 Å². The van der Waals surface area contributed by atoms with E-state index in [-0.39, 0.29) is 16.9 Å². The fraction of sp³-hybridized carbons (Fsp3) is 0.429. The van der Waals surface area contributed by atoms with Crippen molar-refractivity contribution in [2.75, 3.05) is 6.61 Å². The summed E-state index contributed by atoms with van der Waals surface area (Å²) in [4.78, 5) is 10.3. The lowest BCUT2D eigenvalue weighted by Gasteiger charge is -2.33. The number of hydrogen-bond donors (Lipinski definition) is 1. The van der Waals surface area contributed by atoms with Gasteiger partial charge in [-0.25, -0.2) is 0 Å². The molecule has 0 amide bonds. The number of rotatable bonds is 4. The van der Waals surface area contributed by atoms with E-state index in [0.717, 1.165) is 0 Å². The van der Waals surface area contributed by atoms with Crippen LogP contribution in [-0.2, 0) is 0 Å². The van der Waals surface area contributed by atoms with E-state index in [2.05, 4.69) is 10.1 Å². The Morgan fingerprint density at radius 1 is 1.25 bits per heavy atom. The van der Waals surface area contributed by atoms with E-state index in [1.807, 2.05) is 20.8 Å². The fourth-order valence-electron chi connectivity index (χ4n) is 1.74. The Kier molecular flexibility index (Phi) is 4.13. The van der Waals surface area contributed by atoms with Gasteiger partial charge in [0.25, 0.3) is 6.34 Å². The molecule has 0 aliphatic carbocycles. The Morgan fingerprint density at radius 3 is 2.45 bits per heavy atom. The molecule has 0 spiro atoms. The summed E-state index contributed by atoms with van der Waals surface area (Å²) in [6.07, 6.45) is 2.07. The van der Waals surface area contributed by atoms with Crippen LogP contribution in [0.25, 0.3) is 0 Å². The Hall–Kier alpha value is -1.43. The Labute approximate surface area is 123 Å². The topological polar surface area (TPSA) is 54.2 Å². The molecule has 6 heteroatoms. The second kappa shape index (κ2) is 5.52. The molecular weight excluding hydrogens is 278 g/mol. The first-order chi connectivity index (χ1) is 9.36. The van der Waals surface area contributed by atoms with Gasteiger partial charge in [0.15, 0.2) is 17.1 Å². The number of hydroxylamine groups is 2. The van der Waals surface area contributed by atoms with E-state index >= 15 is 0 Å². The molecule has 0 bridgehead atoms. The Morgan fingerprint density at radius 2 is 1.90 bits per heavy atom. The first kappa shape index (κ1) is 15.0. The maximum absolute atomic E-state index is 9.00. The average molecular weight is 297 g/mol. The highest BCUT2D eigenvalue weighted by Crippen LogP contribution is 2.30. The molecule has 5 nitrogen and oxygen atoms in total. The minimum absolute atomic E-state index is 0.0151. The van der Waals surface area contributed by atoms with Crippen molar-refractivity contribution in [2.45, 2.75) is 32.7 Å². The van der Waals surface area contributed by atoms with Crippen molar-refractivity contribution in [3.63, 3.8) is 0 Å². The molecule has 2 rings (SSSR count). The van der Waals surface area contributed by atoms with E-state index in [1.54, 1.807) is 30.6 Å². The molecule has 0 radical (unpaired) electrons. The summed E-state index contributed by atoms with van der Waals surface area (Å²) in [7, 11) is 0. The summed E-state index contributed by atoms with van der Waals surface area (Å²) >= 11 is 5.87. The molecule has 0 saturated carbocycles. The SMILES string of the molecule is CC(C)(C)[N+]1(Oc2ccc(Cl)cc2)C=NC(CCO)=N1. The predicted molar refractivity (Wildman–Crippen MR) is 79.7 cm³/mol. The molecule has 1 aliphatic rings. The van der Waals surface area contributed by atoms with Gasteiger partial charge in [0, 0.05) is 16.2 Å². The van der Waals surface area contributed by atoms with Gasteiger partial charge >= 0.3 is 0 Å². The van der Waals surface area contributed by atoms with Crippen LogP contribution < -0.4 is 4.84 Å². The summed E-state index contributed by atoms with van der Waals surface area (Å²) in [6, 6.07) is 7.12. The molecule has 20 heavy (non-hydrogen) atoms. The number of benzene rings is 1. The minimum Gasteiger partial charge on any atom is -0.396 e. The van der Waals surface area contributed by atoms with Crippen LogP contribution in [-0.4, -0.2) is 34.2 Å². The van der Waals surface area contributed by atoms with E-state index in [0.29, 0.717) is 23.0 Å². The highest BCUT2D eigenvalue weighted by atomic mass is 35.5. The molecule has 1 aliphatic heterocycles. The molecule has 0 fully saturated rings. The largest absolute Gasteiger partial charge is 0.396 e. The van der Waals surface area contributed by atoms with Crippen molar-refractivity contribution >= 4 is 23.8 Å². The number of nitrogens with zero attached hydrogens (tertiary/aromatic N) is 3. The van der Waals surface area contributed by atoms with Crippen LogP contribution in [0.1, 0.15) is 27.2 Å². The van der Waals surface area contributed by atoms with Gasteiger partial charge in [0.1, 0.15) is 0 Å². The quantitative estimate of drug-likeness (QED) is 0.869. The third-order valence-corrected chi connectivity index (χ3v) is 3.23. The summed E-state index contributed by atoms with van der Waals surface area (Å²) in [5.74, 6) is 1.24. The van der Waals surface area contributed by atoms with E-state index in [9.17, 15) is 0 Å². The lowest BCUT2D eigenvalue weighted by Crippen LogP contribution is -2.56. The number of quaternary nitrogens is 1. The average Bonchev–Trinajstić information content (AvgIpc) is 2.77. The van der Waals surface area contributed by atoms with Gasteiger partial charge in [-0.1, -0.05) is 11.6 Å². The predicted octanol–water partition coefficient (Wildman–Crippen LogP) is 2.99.